The summed E-state index contributed by atoms with van der Waals surface area (Å²) >= 11 is 0. The molecule has 0 N–H and O–H groups in total. The van der Waals surface area contributed by atoms with Gasteiger partial charge in [-0.3, -0.25) is 9.59 Å². The summed E-state index contributed by atoms with van der Waals surface area (Å²) < 4.78 is 11.3. The van der Waals surface area contributed by atoms with E-state index in [1.807, 2.05) is 49.4 Å². The molecule has 2 aromatic carbocycles. The van der Waals surface area contributed by atoms with Crippen molar-refractivity contribution >= 4 is 17.5 Å². The third kappa shape index (κ3) is 3.53. The number of fused-ring (bicyclic) bond motifs is 1. The van der Waals surface area contributed by atoms with Crippen LogP contribution in [0.25, 0.3) is 0 Å². The van der Waals surface area contributed by atoms with Gasteiger partial charge in [0.1, 0.15) is 5.75 Å². The molecular weight excluding hydrogens is 344 g/mol. The number of rotatable bonds is 2. The second-order valence-electron chi connectivity index (χ2n) is 6.79. The molecule has 0 bridgehead atoms. The molecule has 1 fully saturated rings. The van der Waals surface area contributed by atoms with Crippen LogP contribution in [0.3, 0.4) is 0 Å². The van der Waals surface area contributed by atoms with E-state index in [4.69, 9.17) is 9.47 Å². The molecule has 6 nitrogen and oxygen atoms in total. The molecule has 2 aromatic rings. The lowest BCUT2D eigenvalue weighted by Crippen LogP contribution is -2.54. The lowest BCUT2D eigenvalue weighted by Gasteiger charge is -2.37. The van der Waals surface area contributed by atoms with E-state index >= 15 is 0 Å². The van der Waals surface area contributed by atoms with E-state index in [0.29, 0.717) is 43.3 Å². The minimum Gasteiger partial charge on any atom is -0.476 e. The summed E-state index contributed by atoms with van der Waals surface area (Å²) in [6.07, 6.45) is -0.715. The zero-order chi connectivity index (χ0) is 18.8. The molecule has 0 saturated carbocycles. The van der Waals surface area contributed by atoms with Crippen molar-refractivity contribution in [2.45, 2.75) is 13.0 Å². The molecule has 0 aromatic heterocycles. The van der Waals surface area contributed by atoms with Crippen LogP contribution < -0.4 is 9.64 Å². The van der Waals surface area contributed by atoms with Crippen LogP contribution in [0.4, 0.5) is 5.69 Å². The van der Waals surface area contributed by atoms with Gasteiger partial charge < -0.3 is 19.3 Å². The first-order valence-corrected chi connectivity index (χ1v) is 9.14. The summed E-state index contributed by atoms with van der Waals surface area (Å²) in [5.74, 6) is 0.316. The number of para-hydroxylation sites is 2. The molecule has 0 radical (unpaired) electrons. The lowest BCUT2D eigenvalue weighted by molar-refractivity contribution is -0.142. The third-order valence-electron chi connectivity index (χ3n) is 4.92. The second-order valence-corrected chi connectivity index (χ2v) is 6.79. The van der Waals surface area contributed by atoms with E-state index in [-0.39, 0.29) is 18.4 Å². The molecule has 140 valence electrons. The Hall–Kier alpha value is -2.86. The summed E-state index contributed by atoms with van der Waals surface area (Å²) in [4.78, 5) is 29.5. The maximum absolute atomic E-state index is 13.1. The maximum atomic E-state index is 13.1. The fraction of sp³-hybridized carbons (Fsp3) is 0.333. The Morgan fingerprint density at radius 2 is 1.70 bits per heavy atom. The first kappa shape index (κ1) is 17.5. The molecule has 1 saturated heterocycles. The Balaban J connectivity index is 1.62. The van der Waals surface area contributed by atoms with Crippen LogP contribution >= 0.6 is 0 Å². The van der Waals surface area contributed by atoms with Gasteiger partial charge in [-0.15, -0.1) is 0 Å². The van der Waals surface area contributed by atoms with E-state index in [1.165, 1.54) is 0 Å². The SMILES string of the molecule is Cc1ccc(C(=O)N2C[C@@H](C(=O)N3CCOCC3)Oc3ccccc32)cc1. The normalized spacial score (nSPS) is 19.2. The van der Waals surface area contributed by atoms with E-state index in [2.05, 4.69) is 0 Å². The molecule has 0 spiro atoms. The van der Waals surface area contributed by atoms with Gasteiger partial charge in [0.05, 0.1) is 25.4 Å². The minimum atomic E-state index is -0.715. The van der Waals surface area contributed by atoms with Gasteiger partial charge in [-0.05, 0) is 31.2 Å². The second kappa shape index (κ2) is 7.40. The summed E-state index contributed by atoms with van der Waals surface area (Å²) in [5.41, 5.74) is 2.37. The van der Waals surface area contributed by atoms with Gasteiger partial charge in [0, 0.05) is 18.7 Å². The molecular formula is C21H22N2O4. The highest BCUT2D eigenvalue weighted by atomic mass is 16.5. The average Bonchev–Trinajstić information content (AvgIpc) is 2.73. The van der Waals surface area contributed by atoms with Crippen LogP contribution in [0.2, 0.25) is 0 Å². The zero-order valence-electron chi connectivity index (χ0n) is 15.3. The quantitative estimate of drug-likeness (QED) is 0.818. The van der Waals surface area contributed by atoms with Crippen molar-refractivity contribution in [3.05, 3.63) is 59.7 Å². The molecule has 2 aliphatic heterocycles. The van der Waals surface area contributed by atoms with Crippen LogP contribution in [0.15, 0.2) is 48.5 Å². The van der Waals surface area contributed by atoms with Crippen molar-refractivity contribution in [1.82, 2.24) is 4.90 Å². The van der Waals surface area contributed by atoms with Gasteiger partial charge in [-0.25, -0.2) is 0 Å². The zero-order valence-corrected chi connectivity index (χ0v) is 15.3. The number of carbonyl (C=O) groups is 2. The average molecular weight is 366 g/mol. The van der Waals surface area contributed by atoms with Gasteiger partial charge >= 0.3 is 0 Å². The molecule has 27 heavy (non-hydrogen) atoms. The standard InChI is InChI=1S/C21H22N2O4/c1-15-6-8-16(9-7-15)20(24)23-14-19(21(25)22-10-12-26-13-11-22)27-18-5-3-2-4-17(18)23/h2-9,19H,10-14H2,1H3/t19-/m0/s1. The molecule has 2 heterocycles. The summed E-state index contributed by atoms with van der Waals surface area (Å²) in [6.45, 7) is 4.33. The highest BCUT2D eigenvalue weighted by Crippen LogP contribution is 2.34. The van der Waals surface area contributed by atoms with Gasteiger partial charge in [-0.1, -0.05) is 29.8 Å². The number of benzene rings is 2. The maximum Gasteiger partial charge on any atom is 0.265 e. The predicted octanol–water partition coefficient (Wildman–Crippen LogP) is 2.26. The first-order chi connectivity index (χ1) is 13.1. The van der Waals surface area contributed by atoms with Gasteiger partial charge in [0.25, 0.3) is 11.8 Å². The van der Waals surface area contributed by atoms with E-state index in [1.54, 1.807) is 15.9 Å². The molecule has 0 aliphatic carbocycles. The van der Waals surface area contributed by atoms with Crippen LogP contribution in [0.1, 0.15) is 15.9 Å². The number of morpholine rings is 1. The first-order valence-electron chi connectivity index (χ1n) is 9.14. The minimum absolute atomic E-state index is 0.102. The molecule has 6 heteroatoms. The Kier molecular flexibility index (Phi) is 4.81. The number of aryl methyl sites for hydroxylation is 1. The summed E-state index contributed by atoms with van der Waals surface area (Å²) in [7, 11) is 0. The fourth-order valence-electron chi connectivity index (χ4n) is 3.39. The van der Waals surface area contributed by atoms with Crippen molar-refractivity contribution in [1.29, 1.82) is 0 Å². The number of amides is 2. The van der Waals surface area contributed by atoms with Crippen molar-refractivity contribution < 1.29 is 19.1 Å². The van der Waals surface area contributed by atoms with Crippen LogP contribution in [0.5, 0.6) is 5.75 Å². The Bertz CT molecular complexity index is 844. The number of hydrogen-bond acceptors (Lipinski definition) is 4. The van der Waals surface area contributed by atoms with Gasteiger partial charge in [0.15, 0.2) is 6.10 Å². The molecule has 0 unspecified atom stereocenters. The van der Waals surface area contributed by atoms with Crippen molar-refractivity contribution in [3.8, 4) is 5.75 Å². The molecule has 4 rings (SSSR count). The van der Waals surface area contributed by atoms with Crippen molar-refractivity contribution in [3.63, 3.8) is 0 Å². The number of ether oxygens (including phenoxy) is 2. The molecule has 1 atom stereocenters. The van der Waals surface area contributed by atoms with Crippen LogP contribution in [-0.4, -0.2) is 55.7 Å². The molecule has 2 amide bonds. The topological polar surface area (TPSA) is 59.1 Å². The highest BCUT2D eigenvalue weighted by Gasteiger charge is 2.36. The fourth-order valence-corrected chi connectivity index (χ4v) is 3.39. The number of anilines is 1. The van der Waals surface area contributed by atoms with Crippen molar-refractivity contribution in [2.24, 2.45) is 0 Å². The van der Waals surface area contributed by atoms with Gasteiger partial charge in [0.2, 0.25) is 0 Å². The van der Waals surface area contributed by atoms with E-state index in [9.17, 15) is 9.59 Å². The highest BCUT2D eigenvalue weighted by molar-refractivity contribution is 6.07. The van der Waals surface area contributed by atoms with E-state index in [0.717, 1.165) is 5.56 Å². The monoisotopic (exact) mass is 366 g/mol. The summed E-state index contributed by atoms with van der Waals surface area (Å²) in [5, 5.41) is 0. The van der Waals surface area contributed by atoms with Crippen molar-refractivity contribution in [2.75, 3.05) is 37.7 Å². The van der Waals surface area contributed by atoms with Gasteiger partial charge in [-0.2, -0.15) is 0 Å². The van der Waals surface area contributed by atoms with E-state index < -0.39 is 6.10 Å². The smallest absolute Gasteiger partial charge is 0.265 e. The number of hydrogen-bond donors (Lipinski definition) is 0. The number of nitrogens with zero attached hydrogens (tertiary/aromatic N) is 2. The van der Waals surface area contributed by atoms with Crippen LogP contribution in [0, 0.1) is 6.92 Å². The third-order valence-corrected chi connectivity index (χ3v) is 4.92. The largest absolute Gasteiger partial charge is 0.476 e. The molecule has 2 aliphatic rings. The van der Waals surface area contributed by atoms with Crippen LogP contribution in [-0.2, 0) is 9.53 Å². The summed E-state index contributed by atoms with van der Waals surface area (Å²) in [6, 6.07) is 14.8. The Labute approximate surface area is 158 Å². The Morgan fingerprint density at radius 1 is 1.00 bits per heavy atom. The lowest BCUT2D eigenvalue weighted by atomic mass is 10.1. The number of carbonyl (C=O) groups excluding carboxylic acids is 2. The Morgan fingerprint density at radius 3 is 2.44 bits per heavy atom. The predicted molar refractivity (Wildman–Crippen MR) is 101 cm³/mol.